The van der Waals surface area contributed by atoms with Crippen molar-refractivity contribution in [3.8, 4) is 0 Å². The molecule has 0 aromatic carbocycles. The van der Waals surface area contributed by atoms with Crippen molar-refractivity contribution >= 4 is 15.7 Å². The Bertz CT molecular complexity index is 301. The van der Waals surface area contributed by atoms with Gasteiger partial charge in [0.1, 0.15) is 9.84 Å². The molecule has 0 aliphatic heterocycles. The van der Waals surface area contributed by atoms with Gasteiger partial charge in [0.05, 0.1) is 5.75 Å². The van der Waals surface area contributed by atoms with Gasteiger partial charge in [-0.25, -0.2) is 8.42 Å². The number of unbranched alkanes of at least 4 members (excludes halogenated alkanes) is 2. The molecule has 0 aromatic rings. The summed E-state index contributed by atoms with van der Waals surface area (Å²) in [6, 6.07) is 0. The van der Waals surface area contributed by atoms with Crippen molar-refractivity contribution in [2.75, 3.05) is 32.1 Å². The molecule has 2 N–H and O–H groups in total. The van der Waals surface area contributed by atoms with E-state index in [1.54, 1.807) is 7.05 Å². The van der Waals surface area contributed by atoms with Gasteiger partial charge in [-0.3, -0.25) is 4.79 Å². The van der Waals surface area contributed by atoms with E-state index in [4.69, 9.17) is 5.73 Å². The Morgan fingerprint density at radius 1 is 1.25 bits per heavy atom. The van der Waals surface area contributed by atoms with Crippen LogP contribution >= 0.6 is 0 Å². The van der Waals surface area contributed by atoms with Crippen LogP contribution in [0.25, 0.3) is 0 Å². The molecule has 0 aliphatic rings. The fourth-order valence-corrected chi connectivity index (χ4v) is 1.82. The van der Waals surface area contributed by atoms with E-state index in [9.17, 15) is 13.2 Å². The molecular formula is C10H22N2O3S. The summed E-state index contributed by atoms with van der Waals surface area (Å²) in [6.45, 7) is 0.923. The number of sulfone groups is 1. The molecule has 0 heterocycles. The monoisotopic (exact) mass is 250 g/mol. The third-order valence-corrected chi connectivity index (χ3v) is 3.24. The Labute approximate surface area is 97.9 Å². The average Bonchev–Trinajstić information content (AvgIpc) is 2.19. The molecule has 96 valence electrons. The van der Waals surface area contributed by atoms with E-state index in [0.717, 1.165) is 19.3 Å². The fraction of sp³-hybridized carbons (Fsp3) is 0.900. The third kappa shape index (κ3) is 8.67. The smallest absolute Gasteiger partial charge is 0.222 e. The van der Waals surface area contributed by atoms with Crippen molar-refractivity contribution in [1.82, 2.24) is 4.90 Å². The zero-order valence-corrected chi connectivity index (χ0v) is 10.9. The molecule has 0 aromatic heterocycles. The maximum absolute atomic E-state index is 11.5. The van der Waals surface area contributed by atoms with Crippen LogP contribution in [0.1, 0.15) is 25.7 Å². The van der Waals surface area contributed by atoms with Crippen LogP contribution in [0.3, 0.4) is 0 Å². The third-order valence-electron chi connectivity index (χ3n) is 2.32. The molecule has 5 nitrogen and oxygen atoms in total. The first-order valence-electron chi connectivity index (χ1n) is 5.48. The van der Waals surface area contributed by atoms with Crippen LogP contribution in [-0.4, -0.2) is 51.4 Å². The molecule has 1 amide bonds. The van der Waals surface area contributed by atoms with Crippen molar-refractivity contribution in [3.63, 3.8) is 0 Å². The number of hydrogen-bond acceptors (Lipinski definition) is 4. The number of carbonyl (C=O) groups is 1. The zero-order chi connectivity index (χ0) is 12.6. The molecule has 0 saturated heterocycles. The Hall–Kier alpha value is -0.620. The van der Waals surface area contributed by atoms with Gasteiger partial charge in [-0.1, -0.05) is 6.42 Å². The van der Waals surface area contributed by atoms with Crippen molar-refractivity contribution in [2.24, 2.45) is 5.73 Å². The highest BCUT2D eigenvalue weighted by Gasteiger charge is 2.10. The minimum Gasteiger partial charge on any atom is -0.345 e. The van der Waals surface area contributed by atoms with Gasteiger partial charge in [0, 0.05) is 26.3 Å². The Balaban J connectivity index is 3.74. The Morgan fingerprint density at radius 3 is 2.38 bits per heavy atom. The second-order valence-electron chi connectivity index (χ2n) is 4.04. The lowest BCUT2D eigenvalue weighted by molar-refractivity contribution is -0.129. The van der Waals surface area contributed by atoms with Gasteiger partial charge >= 0.3 is 0 Å². The van der Waals surface area contributed by atoms with E-state index in [2.05, 4.69) is 0 Å². The van der Waals surface area contributed by atoms with E-state index in [1.165, 1.54) is 11.2 Å². The first-order valence-corrected chi connectivity index (χ1v) is 7.54. The first-order chi connectivity index (χ1) is 7.37. The molecule has 0 unspecified atom stereocenters. The molecule has 0 aliphatic carbocycles. The van der Waals surface area contributed by atoms with Crippen molar-refractivity contribution in [1.29, 1.82) is 0 Å². The van der Waals surface area contributed by atoms with Gasteiger partial charge in [-0.15, -0.1) is 0 Å². The lowest BCUT2D eigenvalue weighted by Gasteiger charge is -2.16. The molecule has 16 heavy (non-hydrogen) atoms. The van der Waals surface area contributed by atoms with E-state index in [-0.39, 0.29) is 18.2 Å². The standard InChI is InChI=1S/C10H22N2O3S/c1-12(8-9-16(2,14)15)10(13)6-4-3-5-7-11/h3-9,11H2,1-2H3. The summed E-state index contributed by atoms with van der Waals surface area (Å²) in [7, 11) is -1.36. The second-order valence-corrected chi connectivity index (χ2v) is 6.30. The lowest BCUT2D eigenvalue weighted by Crippen LogP contribution is -2.31. The molecule has 0 bridgehead atoms. The van der Waals surface area contributed by atoms with Crippen LogP contribution in [0.4, 0.5) is 0 Å². The van der Waals surface area contributed by atoms with E-state index < -0.39 is 9.84 Å². The van der Waals surface area contributed by atoms with Crippen LogP contribution in [0, 0.1) is 0 Å². The predicted octanol–water partition coefficient (Wildman–Crippen LogP) is 0.00850. The highest BCUT2D eigenvalue weighted by molar-refractivity contribution is 7.90. The summed E-state index contributed by atoms with van der Waals surface area (Å²) in [5.41, 5.74) is 5.34. The molecule has 0 spiro atoms. The minimum atomic E-state index is -2.99. The van der Waals surface area contributed by atoms with E-state index >= 15 is 0 Å². The van der Waals surface area contributed by atoms with Crippen molar-refractivity contribution in [3.05, 3.63) is 0 Å². The van der Waals surface area contributed by atoms with Crippen LogP contribution in [0.2, 0.25) is 0 Å². The molecule has 0 radical (unpaired) electrons. The van der Waals surface area contributed by atoms with Crippen LogP contribution in [0.5, 0.6) is 0 Å². The molecule has 0 saturated carbocycles. The first kappa shape index (κ1) is 15.4. The summed E-state index contributed by atoms with van der Waals surface area (Å²) < 4.78 is 21.8. The Morgan fingerprint density at radius 2 is 1.88 bits per heavy atom. The largest absolute Gasteiger partial charge is 0.345 e. The number of nitrogens with two attached hydrogens (primary N) is 1. The topological polar surface area (TPSA) is 80.5 Å². The summed E-state index contributed by atoms with van der Waals surface area (Å²) in [4.78, 5) is 13.0. The maximum atomic E-state index is 11.5. The highest BCUT2D eigenvalue weighted by Crippen LogP contribution is 2.02. The number of rotatable bonds is 8. The normalized spacial score (nSPS) is 11.4. The SMILES string of the molecule is CN(CCS(C)(=O)=O)C(=O)CCCCCN. The van der Waals surface area contributed by atoms with Crippen LogP contribution in [0.15, 0.2) is 0 Å². The lowest BCUT2D eigenvalue weighted by atomic mass is 10.2. The number of nitrogens with zero attached hydrogens (tertiary/aromatic N) is 1. The van der Waals surface area contributed by atoms with Gasteiger partial charge in [0.2, 0.25) is 5.91 Å². The molecule has 0 fully saturated rings. The minimum absolute atomic E-state index is 0.000622. The molecule has 0 atom stereocenters. The quantitative estimate of drug-likeness (QED) is 0.615. The zero-order valence-electron chi connectivity index (χ0n) is 10.1. The second kappa shape index (κ2) is 7.62. The summed E-state index contributed by atoms with van der Waals surface area (Å²) in [5, 5.41) is 0. The van der Waals surface area contributed by atoms with E-state index in [0.29, 0.717) is 13.0 Å². The van der Waals surface area contributed by atoms with Gasteiger partial charge < -0.3 is 10.6 Å². The van der Waals surface area contributed by atoms with Gasteiger partial charge in [0.25, 0.3) is 0 Å². The molecular weight excluding hydrogens is 228 g/mol. The predicted molar refractivity (Wildman–Crippen MR) is 64.9 cm³/mol. The summed E-state index contributed by atoms with van der Waals surface area (Å²) in [6.07, 6.45) is 4.34. The molecule has 6 heteroatoms. The summed E-state index contributed by atoms with van der Waals surface area (Å²) >= 11 is 0. The summed E-state index contributed by atoms with van der Waals surface area (Å²) in [5.74, 6) is 0.0265. The highest BCUT2D eigenvalue weighted by atomic mass is 32.2. The average molecular weight is 250 g/mol. The van der Waals surface area contributed by atoms with Crippen LogP contribution < -0.4 is 5.73 Å². The van der Waals surface area contributed by atoms with Crippen LogP contribution in [-0.2, 0) is 14.6 Å². The number of amides is 1. The maximum Gasteiger partial charge on any atom is 0.222 e. The van der Waals surface area contributed by atoms with Gasteiger partial charge in [0.15, 0.2) is 0 Å². The van der Waals surface area contributed by atoms with E-state index in [1.807, 2.05) is 0 Å². The molecule has 0 rings (SSSR count). The van der Waals surface area contributed by atoms with Gasteiger partial charge in [-0.2, -0.15) is 0 Å². The van der Waals surface area contributed by atoms with Crippen molar-refractivity contribution < 1.29 is 13.2 Å². The van der Waals surface area contributed by atoms with Crippen molar-refractivity contribution in [2.45, 2.75) is 25.7 Å². The fourth-order valence-electron chi connectivity index (χ4n) is 1.22. The Kier molecular flexibility index (Phi) is 7.33. The number of carbonyl (C=O) groups excluding carboxylic acids is 1. The number of hydrogen-bond donors (Lipinski definition) is 1. The van der Waals surface area contributed by atoms with Gasteiger partial charge in [-0.05, 0) is 19.4 Å².